The quantitative estimate of drug-likeness (QED) is 0.697. The normalized spacial score (nSPS) is 15.4. The molecule has 0 radical (unpaired) electrons. The van der Waals surface area contributed by atoms with E-state index in [0.717, 1.165) is 19.4 Å². The molecule has 0 bridgehead atoms. The molecule has 1 aromatic rings. The summed E-state index contributed by atoms with van der Waals surface area (Å²) >= 11 is 11.9. The number of halogens is 2. The van der Waals surface area contributed by atoms with Crippen LogP contribution < -0.4 is 10.1 Å². The number of hydrogen-bond acceptors (Lipinski definition) is 4. The number of amides is 2. The van der Waals surface area contributed by atoms with Crippen molar-refractivity contribution in [2.24, 2.45) is 0 Å². The Morgan fingerprint density at radius 2 is 2.00 bits per heavy atom. The minimum Gasteiger partial charge on any atom is -0.482 e. The van der Waals surface area contributed by atoms with Gasteiger partial charge in [-0.15, -0.1) is 0 Å². The molecule has 1 aliphatic rings. The molecule has 0 saturated carbocycles. The van der Waals surface area contributed by atoms with E-state index in [4.69, 9.17) is 27.9 Å². The van der Waals surface area contributed by atoms with Gasteiger partial charge in [0.2, 0.25) is 5.91 Å². The Hall–Kier alpha value is -1.76. The van der Waals surface area contributed by atoms with Crippen LogP contribution in [0.2, 0.25) is 10.0 Å². The van der Waals surface area contributed by atoms with Crippen LogP contribution in [-0.4, -0.2) is 68.0 Å². The van der Waals surface area contributed by atoms with Gasteiger partial charge in [0, 0.05) is 36.8 Å². The van der Waals surface area contributed by atoms with Gasteiger partial charge >= 0.3 is 0 Å². The van der Waals surface area contributed by atoms with Gasteiger partial charge in [-0.1, -0.05) is 29.3 Å². The summed E-state index contributed by atoms with van der Waals surface area (Å²) < 4.78 is 5.50. The van der Waals surface area contributed by atoms with E-state index in [1.165, 1.54) is 0 Å². The van der Waals surface area contributed by atoms with Gasteiger partial charge < -0.3 is 19.9 Å². The second-order valence-corrected chi connectivity index (χ2v) is 7.54. The Morgan fingerprint density at radius 1 is 1.30 bits per heavy atom. The van der Waals surface area contributed by atoms with Crippen molar-refractivity contribution in [3.8, 4) is 5.75 Å². The molecule has 1 aliphatic heterocycles. The summed E-state index contributed by atoms with van der Waals surface area (Å²) in [7, 11) is 3.89. The first-order valence-electron chi connectivity index (χ1n) is 8.82. The monoisotopic (exact) mass is 413 g/mol. The summed E-state index contributed by atoms with van der Waals surface area (Å²) in [5.74, 6) is 0.236. The number of rotatable bonds is 7. The standard InChI is InChI=1S/C19H25Cl2N3O3/c1-23(2)9-3-4-18(25)22-15-7-10-24(11-8-15)19(26)13-27-17-6-5-14(20)12-16(17)21/h3-6,12,15H,7-11,13H2,1-2H3,(H,22,25). The Balaban J connectivity index is 1.72. The molecule has 1 aromatic carbocycles. The number of benzene rings is 1. The van der Waals surface area contributed by atoms with Gasteiger partial charge in [-0.05, 0) is 45.1 Å². The fourth-order valence-corrected chi connectivity index (χ4v) is 3.18. The molecule has 0 atom stereocenters. The van der Waals surface area contributed by atoms with Crippen LogP contribution >= 0.6 is 23.2 Å². The molecule has 27 heavy (non-hydrogen) atoms. The van der Waals surface area contributed by atoms with Crippen molar-refractivity contribution < 1.29 is 14.3 Å². The molecule has 6 nitrogen and oxygen atoms in total. The zero-order valence-electron chi connectivity index (χ0n) is 15.6. The van der Waals surface area contributed by atoms with Crippen molar-refractivity contribution in [1.29, 1.82) is 0 Å². The van der Waals surface area contributed by atoms with Gasteiger partial charge in [0.15, 0.2) is 6.61 Å². The fourth-order valence-electron chi connectivity index (χ4n) is 2.72. The van der Waals surface area contributed by atoms with Crippen molar-refractivity contribution in [2.45, 2.75) is 18.9 Å². The Kier molecular flexibility index (Phi) is 8.41. The van der Waals surface area contributed by atoms with Crippen LogP contribution in [-0.2, 0) is 9.59 Å². The van der Waals surface area contributed by atoms with Crippen molar-refractivity contribution in [1.82, 2.24) is 15.1 Å². The highest BCUT2D eigenvalue weighted by Crippen LogP contribution is 2.27. The molecular formula is C19H25Cl2N3O3. The molecule has 0 aromatic heterocycles. The van der Waals surface area contributed by atoms with Crippen molar-refractivity contribution in [3.63, 3.8) is 0 Å². The summed E-state index contributed by atoms with van der Waals surface area (Å²) in [6.07, 6.45) is 4.83. The van der Waals surface area contributed by atoms with Gasteiger partial charge in [-0.2, -0.15) is 0 Å². The maximum atomic E-state index is 12.3. The third-order valence-corrected chi connectivity index (χ3v) is 4.71. The lowest BCUT2D eigenvalue weighted by Crippen LogP contribution is -2.47. The molecule has 0 unspecified atom stereocenters. The van der Waals surface area contributed by atoms with Crippen LogP contribution in [0.4, 0.5) is 0 Å². The highest BCUT2D eigenvalue weighted by Gasteiger charge is 2.23. The van der Waals surface area contributed by atoms with Gasteiger partial charge in [-0.25, -0.2) is 0 Å². The highest BCUT2D eigenvalue weighted by atomic mass is 35.5. The lowest BCUT2D eigenvalue weighted by Gasteiger charge is -2.32. The lowest BCUT2D eigenvalue weighted by atomic mass is 10.0. The summed E-state index contributed by atoms with van der Waals surface area (Å²) in [5.41, 5.74) is 0. The second kappa shape index (κ2) is 10.5. The number of likely N-dealkylation sites (tertiary alicyclic amines) is 1. The third kappa shape index (κ3) is 7.40. The van der Waals surface area contributed by atoms with Crippen LogP contribution in [0, 0.1) is 0 Å². The molecule has 2 rings (SSSR count). The van der Waals surface area contributed by atoms with E-state index in [9.17, 15) is 9.59 Å². The Labute approximate surface area is 170 Å². The molecule has 1 heterocycles. The summed E-state index contributed by atoms with van der Waals surface area (Å²) in [5, 5.41) is 3.87. The average molecular weight is 414 g/mol. The maximum Gasteiger partial charge on any atom is 0.260 e. The predicted molar refractivity (Wildman–Crippen MR) is 107 cm³/mol. The fraction of sp³-hybridized carbons (Fsp3) is 0.474. The van der Waals surface area contributed by atoms with Gasteiger partial charge in [0.1, 0.15) is 5.75 Å². The molecule has 1 N–H and O–H groups in total. The number of piperidine rings is 1. The van der Waals surface area contributed by atoms with Crippen LogP contribution in [0.25, 0.3) is 0 Å². The van der Waals surface area contributed by atoms with E-state index in [1.54, 1.807) is 29.2 Å². The molecule has 1 saturated heterocycles. The lowest BCUT2D eigenvalue weighted by molar-refractivity contribution is -0.134. The summed E-state index contributed by atoms with van der Waals surface area (Å²) in [6.45, 7) is 1.81. The first-order chi connectivity index (χ1) is 12.8. The topological polar surface area (TPSA) is 61.9 Å². The number of carbonyl (C=O) groups is 2. The van der Waals surface area contributed by atoms with Crippen molar-refractivity contribution >= 4 is 35.0 Å². The Morgan fingerprint density at radius 3 is 2.63 bits per heavy atom. The van der Waals surface area contributed by atoms with Gasteiger partial charge in [0.25, 0.3) is 5.91 Å². The zero-order valence-corrected chi connectivity index (χ0v) is 17.1. The Bertz CT molecular complexity index is 687. The molecule has 8 heteroatoms. The number of ether oxygens (including phenoxy) is 1. The van der Waals surface area contributed by atoms with Gasteiger partial charge in [0.05, 0.1) is 5.02 Å². The SMILES string of the molecule is CN(C)CC=CC(=O)NC1CCN(C(=O)COc2ccc(Cl)cc2Cl)CC1. The minimum absolute atomic E-state index is 0.0777. The van der Waals surface area contributed by atoms with Gasteiger partial charge in [-0.3, -0.25) is 9.59 Å². The van der Waals surface area contributed by atoms with Crippen LogP contribution in [0.1, 0.15) is 12.8 Å². The summed E-state index contributed by atoms with van der Waals surface area (Å²) in [6, 6.07) is 4.96. The highest BCUT2D eigenvalue weighted by molar-refractivity contribution is 6.35. The van der Waals surface area contributed by atoms with Crippen molar-refractivity contribution in [2.75, 3.05) is 40.3 Å². The number of nitrogens with zero attached hydrogens (tertiary/aromatic N) is 2. The van der Waals surface area contributed by atoms with E-state index in [2.05, 4.69) is 5.32 Å². The number of likely N-dealkylation sites (N-methyl/N-ethyl adjacent to an activating group) is 1. The maximum absolute atomic E-state index is 12.3. The minimum atomic E-state index is -0.100. The third-order valence-electron chi connectivity index (χ3n) is 4.18. The number of nitrogens with one attached hydrogen (secondary N) is 1. The molecular weight excluding hydrogens is 389 g/mol. The average Bonchev–Trinajstić information content (AvgIpc) is 2.61. The predicted octanol–water partition coefficient (Wildman–Crippen LogP) is 2.60. The van der Waals surface area contributed by atoms with Crippen LogP contribution in [0.3, 0.4) is 0 Å². The van der Waals surface area contributed by atoms with E-state index in [1.807, 2.05) is 25.1 Å². The molecule has 148 valence electrons. The molecule has 2 amide bonds. The number of carbonyl (C=O) groups excluding carboxylic acids is 2. The summed E-state index contributed by atoms with van der Waals surface area (Å²) in [4.78, 5) is 27.9. The van der Waals surface area contributed by atoms with E-state index in [0.29, 0.717) is 28.9 Å². The van der Waals surface area contributed by atoms with Crippen molar-refractivity contribution in [3.05, 3.63) is 40.4 Å². The largest absolute Gasteiger partial charge is 0.482 e. The number of hydrogen-bond donors (Lipinski definition) is 1. The molecule has 0 aliphatic carbocycles. The first-order valence-corrected chi connectivity index (χ1v) is 9.58. The first kappa shape index (κ1) is 21.5. The van der Waals surface area contributed by atoms with E-state index < -0.39 is 0 Å². The zero-order chi connectivity index (χ0) is 19.8. The van der Waals surface area contributed by atoms with E-state index >= 15 is 0 Å². The molecule has 1 fully saturated rings. The smallest absolute Gasteiger partial charge is 0.260 e. The van der Waals surface area contributed by atoms with E-state index in [-0.39, 0.29) is 24.5 Å². The second-order valence-electron chi connectivity index (χ2n) is 6.69. The molecule has 0 spiro atoms. The van der Waals surface area contributed by atoms with Crippen LogP contribution in [0.15, 0.2) is 30.4 Å². The van der Waals surface area contributed by atoms with Crippen LogP contribution in [0.5, 0.6) is 5.75 Å².